The van der Waals surface area contributed by atoms with E-state index in [4.69, 9.17) is 0 Å². The molecule has 3 rings (SSSR count). The van der Waals surface area contributed by atoms with Crippen LogP contribution in [0.5, 0.6) is 0 Å². The molecule has 0 saturated heterocycles. The van der Waals surface area contributed by atoms with Gasteiger partial charge in [0, 0.05) is 31.4 Å². The third-order valence-corrected chi connectivity index (χ3v) is 2.85. The lowest BCUT2D eigenvalue weighted by atomic mass is 10.1. The molecule has 0 aromatic carbocycles. The average Bonchev–Trinajstić information content (AvgIpc) is 2.76. The molecule has 0 spiro atoms. The second-order valence-electron chi connectivity index (χ2n) is 4.09. The van der Waals surface area contributed by atoms with Gasteiger partial charge in [0.1, 0.15) is 0 Å². The molecule has 3 heterocycles. The zero-order valence-corrected chi connectivity index (χ0v) is 9.47. The van der Waals surface area contributed by atoms with Gasteiger partial charge in [0.15, 0.2) is 0 Å². The molecular weight excluding hydrogens is 216 g/mol. The number of aryl methyl sites for hydroxylation is 2. The van der Waals surface area contributed by atoms with Crippen LogP contribution < -0.4 is 5.32 Å². The van der Waals surface area contributed by atoms with Crippen molar-refractivity contribution in [2.24, 2.45) is 0 Å². The van der Waals surface area contributed by atoms with Crippen molar-refractivity contribution in [2.75, 3.05) is 5.32 Å². The summed E-state index contributed by atoms with van der Waals surface area (Å²) in [5.41, 5.74) is 3.13. The predicted octanol–water partition coefficient (Wildman–Crippen LogP) is 1.46. The van der Waals surface area contributed by atoms with E-state index in [-0.39, 0.29) is 5.91 Å². The number of carbonyl (C=O) groups excluding carboxylic acids is 1. The van der Waals surface area contributed by atoms with Gasteiger partial charge in [0.2, 0.25) is 11.9 Å². The van der Waals surface area contributed by atoms with Crippen LogP contribution in [0.4, 0.5) is 5.95 Å². The zero-order chi connectivity index (χ0) is 11.8. The Kier molecular flexibility index (Phi) is 2.18. The molecule has 5 nitrogen and oxygen atoms in total. The van der Waals surface area contributed by atoms with Gasteiger partial charge in [0.25, 0.3) is 0 Å². The number of anilines is 1. The number of hydrogen-bond donors (Lipinski definition) is 1. The quantitative estimate of drug-likeness (QED) is 0.803. The fraction of sp³-hybridized carbons (Fsp3) is 0.250. The summed E-state index contributed by atoms with van der Waals surface area (Å²) in [6.45, 7) is 2.41. The van der Waals surface area contributed by atoms with Gasteiger partial charge >= 0.3 is 0 Å². The number of fused-ring (bicyclic) bond motifs is 3. The van der Waals surface area contributed by atoms with Crippen LogP contribution in [0.3, 0.4) is 0 Å². The van der Waals surface area contributed by atoms with Crippen LogP contribution in [0.25, 0.3) is 11.4 Å². The summed E-state index contributed by atoms with van der Waals surface area (Å²) in [4.78, 5) is 19.5. The van der Waals surface area contributed by atoms with Crippen LogP contribution in [0.15, 0.2) is 24.5 Å². The number of nitrogens with one attached hydrogen (secondary N) is 1. The lowest BCUT2D eigenvalue weighted by Gasteiger charge is -2.18. The molecule has 0 saturated carbocycles. The molecule has 17 heavy (non-hydrogen) atoms. The first-order valence-corrected chi connectivity index (χ1v) is 5.53. The van der Waals surface area contributed by atoms with Crippen LogP contribution >= 0.6 is 0 Å². The van der Waals surface area contributed by atoms with Crippen LogP contribution in [0.1, 0.15) is 12.5 Å². The van der Waals surface area contributed by atoms with Gasteiger partial charge in [-0.1, -0.05) is 0 Å². The summed E-state index contributed by atoms with van der Waals surface area (Å²) in [6, 6.07) is 4.03. The number of amides is 1. The molecule has 0 unspecified atom stereocenters. The largest absolute Gasteiger partial charge is 0.346 e. The molecule has 1 N–H and O–H groups in total. The van der Waals surface area contributed by atoms with Gasteiger partial charge in [-0.3, -0.25) is 10.1 Å². The lowest BCUT2D eigenvalue weighted by Crippen LogP contribution is -2.15. The minimum Gasteiger partial charge on any atom is -0.346 e. The molecule has 1 amide bonds. The van der Waals surface area contributed by atoms with Gasteiger partial charge in [-0.05, 0) is 18.6 Å². The van der Waals surface area contributed by atoms with E-state index < -0.39 is 0 Å². The van der Waals surface area contributed by atoms with Crippen molar-refractivity contribution < 1.29 is 4.79 Å². The maximum atomic E-state index is 11.0. The van der Waals surface area contributed by atoms with E-state index in [9.17, 15) is 4.79 Å². The maximum Gasteiger partial charge on any atom is 0.229 e. The van der Waals surface area contributed by atoms with Crippen molar-refractivity contribution in [1.29, 1.82) is 0 Å². The van der Waals surface area contributed by atoms with Crippen LogP contribution in [0.2, 0.25) is 0 Å². The number of rotatable bonds is 1. The Labute approximate surface area is 98.5 Å². The average molecular weight is 228 g/mol. The molecule has 1 aliphatic rings. The van der Waals surface area contributed by atoms with E-state index in [0.717, 1.165) is 29.9 Å². The molecule has 2 aromatic rings. The highest BCUT2D eigenvalue weighted by Gasteiger charge is 2.17. The summed E-state index contributed by atoms with van der Waals surface area (Å²) in [7, 11) is 0. The van der Waals surface area contributed by atoms with Crippen molar-refractivity contribution in [1.82, 2.24) is 14.5 Å². The first kappa shape index (κ1) is 10.0. The third kappa shape index (κ3) is 1.69. The molecule has 0 aliphatic carbocycles. The Morgan fingerprint density at radius 1 is 1.53 bits per heavy atom. The Hall–Kier alpha value is -2.17. The normalized spacial score (nSPS) is 12.8. The highest BCUT2D eigenvalue weighted by molar-refractivity contribution is 5.86. The number of aromatic nitrogens is 3. The number of hydrogen-bond acceptors (Lipinski definition) is 3. The van der Waals surface area contributed by atoms with Crippen molar-refractivity contribution in [3.8, 4) is 11.4 Å². The number of carbonyl (C=O) groups is 1. The number of nitrogens with zero attached hydrogens (tertiary/aromatic N) is 3. The molecular formula is C12H12N4O. The third-order valence-electron chi connectivity index (χ3n) is 2.85. The fourth-order valence-electron chi connectivity index (χ4n) is 2.09. The van der Waals surface area contributed by atoms with E-state index in [2.05, 4.69) is 19.9 Å². The molecule has 0 bridgehead atoms. The Morgan fingerprint density at radius 3 is 3.24 bits per heavy atom. The molecule has 5 heteroatoms. The molecule has 86 valence electrons. The maximum absolute atomic E-state index is 11.0. The minimum absolute atomic E-state index is 0.156. The monoisotopic (exact) mass is 228 g/mol. The summed E-state index contributed by atoms with van der Waals surface area (Å²) < 4.78 is 2.16. The second kappa shape index (κ2) is 3.69. The van der Waals surface area contributed by atoms with Gasteiger partial charge in [-0.25, -0.2) is 9.97 Å². The van der Waals surface area contributed by atoms with Crippen LogP contribution in [-0.2, 0) is 17.8 Å². The van der Waals surface area contributed by atoms with E-state index in [1.807, 2.05) is 18.3 Å². The standard InChI is InChI=1S/C12H12N4O/c1-8(17)14-12-13-7-9-4-6-16-5-2-3-10(16)11(9)15-12/h2-3,5,7H,4,6H2,1H3,(H,13,14,15,17). The Bertz CT molecular complexity index is 588. The zero-order valence-electron chi connectivity index (χ0n) is 9.47. The topological polar surface area (TPSA) is 59.8 Å². The highest BCUT2D eigenvalue weighted by Crippen LogP contribution is 2.27. The summed E-state index contributed by atoms with van der Waals surface area (Å²) in [6.07, 6.45) is 4.76. The van der Waals surface area contributed by atoms with Crippen LogP contribution in [-0.4, -0.2) is 20.4 Å². The molecule has 2 aromatic heterocycles. The van der Waals surface area contributed by atoms with Gasteiger partial charge in [-0.15, -0.1) is 0 Å². The van der Waals surface area contributed by atoms with Crippen LogP contribution in [0, 0.1) is 0 Å². The predicted molar refractivity (Wildman–Crippen MR) is 63.5 cm³/mol. The Morgan fingerprint density at radius 2 is 2.41 bits per heavy atom. The molecule has 0 fully saturated rings. The second-order valence-corrected chi connectivity index (χ2v) is 4.09. The van der Waals surface area contributed by atoms with Crippen molar-refractivity contribution >= 4 is 11.9 Å². The van der Waals surface area contributed by atoms with E-state index in [1.54, 1.807) is 6.20 Å². The summed E-state index contributed by atoms with van der Waals surface area (Å²) >= 11 is 0. The van der Waals surface area contributed by atoms with Gasteiger partial charge in [0.05, 0.1) is 11.4 Å². The van der Waals surface area contributed by atoms with Gasteiger partial charge in [-0.2, -0.15) is 0 Å². The van der Waals surface area contributed by atoms with Crippen molar-refractivity contribution in [2.45, 2.75) is 19.9 Å². The summed E-state index contributed by atoms with van der Waals surface area (Å²) in [5, 5.41) is 2.61. The SMILES string of the molecule is CC(=O)Nc1ncc2c(n1)-c1cccn1CC2. The lowest BCUT2D eigenvalue weighted by molar-refractivity contribution is -0.114. The van der Waals surface area contributed by atoms with E-state index in [1.165, 1.54) is 6.92 Å². The smallest absolute Gasteiger partial charge is 0.229 e. The molecule has 0 atom stereocenters. The molecule has 1 aliphatic heterocycles. The molecule has 0 radical (unpaired) electrons. The first-order valence-electron chi connectivity index (χ1n) is 5.53. The minimum atomic E-state index is -0.156. The highest BCUT2D eigenvalue weighted by atomic mass is 16.1. The van der Waals surface area contributed by atoms with Crippen molar-refractivity contribution in [3.63, 3.8) is 0 Å². The van der Waals surface area contributed by atoms with E-state index in [0.29, 0.717) is 5.95 Å². The fourth-order valence-corrected chi connectivity index (χ4v) is 2.09. The van der Waals surface area contributed by atoms with Gasteiger partial charge < -0.3 is 4.57 Å². The summed E-state index contributed by atoms with van der Waals surface area (Å²) in [5.74, 6) is 0.210. The Balaban J connectivity index is 2.08. The van der Waals surface area contributed by atoms with Crippen molar-refractivity contribution in [3.05, 3.63) is 30.1 Å². The van der Waals surface area contributed by atoms with E-state index >= 15 is 0 Å². The first-order chi connectivity index (χ1) is 8.24.